The van der Waals surface area contributed by atoms with Gasteiger partial charge in [0.15, 0.2) is 0 Å². The molecule has 0 saturated heterocycles. The molecule has 6 heteroatoms. The van der Waals surface area contributed by atoms with E-state index in [1.807, 2.05) is 5.38 Å². The van der Waals surface area contributed by atoms with E-state index in [0.29, 0.717) is 10.2 Å². The summed E-state index contributed by atoms with van der Waals surface area (Å²) < 4.78 is 6.90. The SMILES string of the molecule is O=C(Cn1cnc2scc(-c3ccc4c(c3)CCCC4)c2c1=O)OC1CCCC1. The van der Waals surface area contributed by atoms with Gasteiger partial charge in [0.2, 0.25) is 0 Å². The minimum atomic E-state index is -0.356. The van der Waals surface area contributed by atoms with Gasteiger partial charge in [0.1, 0.15) is 17.5 Å². The summed E-state index contributed by atoms with van der Waals surface area (Å²) in [5.41, 5.74) is 4.60. The normalized spacial score (nSPS) is 16.8. The van der Waals surface area contributed by atoms with Gasteiger partial charge in [0.25, 0.3) is 5.56 Å². The number of benzene rings is 1. The number of esters is 1. The Hall–Kier alpha value is -2.47. The molecule has 3 aromatic rings. The van der Waals surface area contributed by atoms with Gasteiger partial charge < -0.3 is 4.74 Å². The minimum Gasteiger partial charge on any atom is -0.461 e. The van der Waals surface area contributed by atoms with Crippen molar-refractivity contribution in [3.63, 3.8) is 0 Å². The summed E-state index contributed by atoms with van der Waals surface area (Å²) in [6.07, 6.45) is 10.2. The monoisotopic (exact) mass is 408 g/mol. The van der Waals surface area contributed by atoms with Crippen molar-refractivity contribution in [1.82, 2.24) is 9.55 Å². The van der Waals surface area contributed by atoms with E-state index in [1.54, 1.807) is 0 Å². The van der Waals surface area contributed by atoms with E-state index in [-0.39, 0.29) is 24.2 Å². The van der Waals surface area contributed by atoms with Gasteiger partial charge in [-0.2, -0.15) is 0 Å². The predicted octanol–water partition coefficient (Wildman–Crippen LogP) is 4.49. The van der Waals surface area contributed by atoms with Gasteiger partial charge in [-0.25, -0.2) is 4.98 Å². The third kappa shape index (κ3) is 3.62. The smallest absolute Gasteiger partial charge is 0.326 e. The first-order chi connectivity index (χ1) is 14.2. The number of thiophene rings is 1. The highest BCUT2D eigenvalue weighted by Gasteiger charge is 2.21. The molecule has 1 aromatic carbocycles. The third-order valence-electron chi connectivity index (χ3n) is 6.12. The number of hydrogen-bond acceptors (Lipinski definition) is 5. The molecule has 0 atom stereocenters. The summed E-state index contributed by atoms with van der Waals surface area (Å²) in [6, 6.07) is 6.53. The number of nitrogens with zero attached hydrogens (tertiary/aromatic N) is 2. The lowest BCUT2D eigenvalue weighted by atomic mass is 9.89. The maximum Gasteiger partial charge on any atom is 0.326 e. The lowest BCUT2D eigenvalue weighted by Gasteiger charge is -2.16. The molecule has 0 aliphatic heterocycles. The fourth-order valence-electron chi connectivity index (χ4n) is 4.56. The van der Waals surface area contributed by atoms with Crippen molar-refractivity contribution in [2.75, 3.05) is 0 Å². The maximum absolute atomic E-state index is 13.2. The van der Waals surface area contributed by atoms with Crippen LogP contribution in [0.4, 0.5) is 0 Å². The van der Waals surface area contributed by atoms with Gasteiger partial charge in [0, 0.05) is 10.9 Å². The van der Waals surface area contributed by atoms with E-state index >= 15 is 0 Å². The molecule has 2 aliphatic carbocycles. The molecule has 0 bridgehead atoms. The summed E-state index contributed by atoms with van der Waals surface area (Å²) >= 11 is 1.47. The van der Waals surface area contributed by atoms with Crippen LogP contribution in [-0.4, -0.2) is 21.6 Å². The van der Waals surface area contributed by atoms with Crippen molar-refractivity contribution in [3.05, 3.63) is 51.4 Å². The van der Waals surface area contributed by atoms with Crippen molar-refractivity contribution in [2.24, 2.45) is 0 Å². The van der Waals surface area contributed by atoms with Gasteiger partial charge in [0.05, 0.1) is 11.7 Å². The zero-order valence-corrected chi connectivity index (χ0v) is 17.2. The summed E-state index contributed by atoms with van der Waals surface area (Å²) in [6.45, 7) is -0.0856. The van der Waals surface area contributed by atoms with Crippen LogP contribution in [0.25, 0.3) is 21.3 Å². The lowest BCUT2D eigenvalue weighted by molar-refractivity contribution is -0.149. The molecule has 29 heavy (non-hydrogen) atoms. The average molecular weight is 409 g/mol. The van der Waals surface area contributed by atoms with Crippen LogP contribution in [0.2, 0.25) is 0 Å². The first kappa shape index (κ1) is 18.6. The Morgan fingerprint density at radius 2 is 1.93 bits per heavy atom. The van der Waals surface area contributed by atoms with E-state index in [1.165, 1.54) is 46.2 Å². The molecule has 0 radical (unpaired) electrons. The van der Waals surface area contributed by atoms with E-state index in [4.69, 9.17) is 4.74 Å². The van der Waals surface area contributed by atoms with Crippen molar-refractivity contribution in [3.8, 4) is 11.1 Å². The molecular formula is C23H24N2O3S. The Balaban J connectivity index is 1.47. The molecule has 0 spiro atoms. The van der Waals surface area contributed by atoms with Crippen LogP contribution in [0.3, 0.4) is 0 Å². The summed E-state index contributed by atoms with van der Waals surface area (Å²) in [5, 5.41) is 2.60. The lowest BCUT2D eigenvalue weighted by Crippen LogP contribution is -2.27. The van der Waals surface area contributed by atoms with Crippen LogP contribution in [0.1, 0.15) is 49.7 Å². The van der Waals surface area contributed by atoms with Crippen LogP contribution >= 0.6 is 11.3 Å². The molecule has 1 saturated carbocycles. The van der Waals surface area contributed by atoms with Crippen molar-refractivity contribution in [2.45, 2.75) is 64.0 Å². The standard InChI is InChI=1S/C23H24N2O3S/c26-20(28-18-7-3-4-8-18)12-25-14-24-22-21(23(25)27)19(13-29-22)17-10-9-15-5-1-2-6-16(15)11-17/h9-11,13-14,18H,1-8,12H2. The molecule has 2 aliphatic rings. The molecule has 0 unspecified atom stereocenters. The molecule has 2 heterocycles. The van der Waals surface area contributed by atoms with Gasteiger partial charge in [-0.1, -0.05) is 18.2 Å². The highest BCUT2D eigenvalue weighted by molar-refractivity contribution is 7.17. The van der Waals surface area contributed by atoms with Crippen molar-refractivity contribution < 1.29 is 9.53 Å². The molecule has 0 N–H and O–H groups in total. The number of carbonyl (C=O) groups excluding carboxylic acids is 1. The Labute approximate surface area is 173 Å². The van der Waals surface area contributed by atoms with Gasteiger partial charge in [-0.05, 0) is 68.1 Å². The molecule has 1 fully saturated rings. The number of aryl methyl sites for hydroxylation is 2. The number of fused-ring (bicyclic) bond motifs is 2. The Bertz CT molecular complexity index is 1120. The first-order valence-electron chi connectivity index (χ1n) is 10.5. The second-order valence-electron chi connectivity index (χ2n) is 8.09. The molecule has 5 nitrogen and oxygen atoms in total. The number of carbonyl (C=O) groups is 1. The zero-order chi connectivity index (χ0) is 19.8. The second kappa shape index (κ2) is 7.75. The van der Waals surface area contributed by atoms with Crippen LogP contribution in [0, 0.1) is 0 Å². The summed E-state index contributed by atoms with van der Waals surface area (Å²) in [5.74, 6) is -0.356. The minimum absolute atomic E-state index is 0.00194. The Morgan fingerprint density at radius 3 is 2.76 bits per heavy atom. The van der Waals surface area contributed by atoms with E-state index in [2.05, 4.69) is 23.2 Å². The molecule has 0 amide bonds. The maximum atomic E-state index is 13.2. The van der Waals surface area contributed by atoms with Crippen LogP contribution in [-0.2, 0) is 28.9 Å². The molecule has 5 rings (SSSR count). The van der Waals surface area contributed by atoms with Crippen LogP contribution in [0.15, 0.2) is 34.7 Å². The highest BCUT2D eigenvalue weighted by Crippen LogP contribution is 2.33. The van der Waals surface area contributed by atoms with E-state index in [0.717, 1.165) is 49.7 Å². The quantitative estimate of drug-likeness (QED) is 0.597. The van der Waals surface area contributed by atoms with E-state index < -0.39 is 0 Å². The number of hydrogen-bond donors (Lipinski definition) is 0. The van der Waals surface area contributed by atoms with Crippen LogP contribution in [0.5, 0.6) is 0 Å². The highest BCUT2D eigenvalue weighted by atomic mass is 32.1. The molecular weight excluding hydrogens is 384 g/mol. The van der Waals surface area contributed by atoms with E-state index in [9.17, 15) is 9.59 Å². The van der Waals surface area contributed by atoms with Gasteiger partial charge in [-0.3, -0.25) is 14.2 Å². The topological polar surface area (TPSA) is 61.2 Å². The van der Waals surface area contributed by atoms with Crippen molar-refractivity contribution >= 4 is 27.5 Å². The number of aromatic nitrogens is 2. The second-order valence-corrected chi connectivity index (χ2v) is 8.95. The van der Waals surface area contributed by atoms with Crippen molar-refractivity contribution in [1.29, 1.82) is 0 Å². The fraction of sp³-hybridized carbons (Fsp3) is 0.435. The average Bonchev–Trinajstić information content (AvgIpc) is 3.40. The van der Waals surface area contributed by atoms with Gasteiger partial charge >= 0.3 is 5.97 Å². The predicted molar refractivity (Wildman–Crippen MR) is 114 cm³/mol. The third-order valence-corrected chi connectivity index (χ3v) is 7.01. The number of rotatable bonds is 4. The summed E-state index contributed by atoms with van der Waals surface area (Å²) in [4.78, 5) is 30.6. The Morgan fingerprint density at radius 1 is 1.14 bits per heavy atom. The first-order valence-corrected chi connectivity index (χ1v) is 11.4. The summed E-state index contributed by atoms with van der Waals surface area (Å²) in [7, 11) is 0. The van der Waals surface area contributed by atoms with Crippen LogP contribution < -0.4 is 5.56 Å². The molecule has 2 aromatic heterocycles. The zero-order valence-electron chi connectivity index (χ0n) is 16.4. The number of ether oxygens (including phenoxy) is 1. The fourth-order valence-corrected chi connectivity index (χ4v) is 5.47. The largest absolute Gasteiger partial charge is 0.461 e. The van der Waals surface area contributed by atoms with Gasteiger partial charge in [-0.15, -0.1) is 11.3 Å². The molecule has 150 valence electrons. The Kier molecular flexibility index (Phi) is 4.96.